The Morgan fingerprint density at radius 3 is 2.48 bits per heavy atom. The summed E-state index contributed by atoms with van der Waals surface area (Å²) in [5.74, 6) is -0.873. The number of ether oxygens (including phenoxy) is 3. The van der Waals surface area contributed by atoms with Crippen molar-refractivity contribution in [1.82, 2.24) is 14.5 Å². The molecule has 0 radical (unpaired) electrons. The van der Waals surface area contributed by atoms with E-state index in [1.165, 1.54) is 6.33 Å². The second-order valence-electron chi connectivity index (χ2n) is 12.4. The number of rotatable bonds is 7. The number of fused-ring (bicyclic) bond motifs is 2. The highest BCUT2D eigenvalue weighted by Crippen LogP contribution is 2.48. The first kappa shape index (κ1) is 30.2. The van der Waals surface area contributed by atoms with Crippen molar-refractivity contribution in [2.75, 3.05) is 6.61 Å². The maximum Gasteiger partial charge on any atom is 0.191 e. The van der Waals surface area contributed by atoms with Crippen LogP contribution in [-0.4, -0.2) is 58.7 Å². The van der Waals surface area contributed by atoms with E-state index in [4.69, 9.17) is 53.4 Å². The van der Waals surface area contributed by atoms with Gasteiger partial charge in [0.05, 0.1) is 15.4 Å². The lowest BCUT2D eigenvalue weighted by atomic mass is 9.94. The van der Waals surface area contributed by atoms with E-state index in [9.17, 15) is 5.11 Å². The summed E-state index contributed by atoms with van der Waals surface area (Å²) in [4.78, 5) is 8.49. The van der Waals surface area contributed by atoms with Gasteiger partial charge in [0.1, 0.15) is 41.5 Å². The number of halogens is 3. The van der Waals surface area contributed by atoms with E-state index in [1.54, 1.807) is 12.1 Å². The SMILES string of the molecule is CC1(C)O[C@@H]2[C@H]([C@H](O)c3cc(Cl)c(Cl)cc3CCO[Si](C)(C)C(C)(C)C)O[C@@H](n3ccc4c(Cl)ncnc43)[C@@H]2O1. The second-order valence-corrected chi connectivity index (χ2v) is 18.4. The number of hydrogen-bond acceptors (Lipinski definition) is 7. The van der Waals surface area contributed by atoms with Crippen molar-refractivity contribution in [3.05, 3.63) is 57.0 Å². The van der Waals surface area contributed by atoms with Gasteiger partial charge < -0.3 is 28.3 Å². The van der Waals surface area contributed by atoms with E-state index < -0.39 is 44.7 Å². The van der Waals surface area contributed by atoms with Gasteiger partial charge in [0.15, 0.2) is 20.3 Å². The van der Waals surface area contributed by atoms with Gasteiger partial charge in [0, 0.05) is 12.8 Å². The molecular weight excluding hydrogens is 593 g/mol. The molecule has 0 spiro atoms. The van der Waals surface area contributed by atoms with E-state index in [2.05, 4.69) is 43.8 Å². The first-order chi connectivity index (χ1) is 18.6. The number of nitrogens with zero attached hydrogens (tertiary/aromatic N) is 3. The fourth-order valence-corrected chi connectivity index (χ4v) is 6.73. The van der Waals surface area contributed by atoms with Gasteiger partial charge in [-0.3, -0.25) is 0 Å². The number of aromatic nitrogens is 3. The van der Waals surface area contributed by atoms with Crippen molar-refractivity contribution in [1.29, 1.82) is 0 Å². The minimum atomic E-state index is -1.96. The van der Waals surface area contributed by atoms with Gasteiger partial charge in [-0.25, -0.2) is 9.97 Å². The Bertz CT molecular complexity index is 1410. The fourth-order valence-electron chi connectivity index (χ4n) is 5.14. The molecule has 2 fully saturated rings. The summed E-state index contributed by atoms with van der Waals surface area (Å²) >= 11 is 19.2. The Morgan fingerprint density at radius 2 is 1.77 bits per heavy atom. The van der Waals surface area contributed by atoms with Gasteiger partial charge in [-0.1, -0.05) is 55.6 Å². The molecule has 0 amide bonds. The molecule has 218 valence electrons. The van der Waals surface area contributed by atoms with Gasteiger partial charge in [-0.15, -0.1) is 0 Å². The van der Waals surface area contributed by atoms with E-state index in [0.717, 1.165) is 5.56 Å². The summed E-state index contributed by atoms with van der Waals surface area (Å²) in [5.41, 5.74) is 2.06. The molecule has 0 aliphatic carbocycles. The Morgan fingerprint density at radius 1 is 1.10 bits per heavy atom. The molecule has 0 bridgehead atoms. The van der Waals surface area contributed by atoms with Crippen molar-refractivity contribution in [3.63, 3.8) is 0 Å². The van der Waals surface area contributed by atoms with Crippen LogP contribution in [0.1, 0.15) is 58.1 Å². The highest BCUT2D eigenvalue weighted by atomic mass is 35.5. The second kappa shape index (κ2) is 10.8. The summed E-state index contributed by atoms with van der Waals surface area (Å²) < 4.78 is 27.4. The van der Waals surface area contributed by atoms with E-state index in [0.29, 0.717) is 44.8 Å². The van der Waals surface area contributed by atoms with Crippen LogP contribution < -0.4 is 0 Å². The minimum Gasteiger partial charge on any atom is -0.416 e. The van der Waals surface area contributed by atoms with E-state index in [1.807, 2.05) is 30.7 Å². The van der Waals surface area contributed by atoms with Crippen LogP contribution in [0.3, 0.4) is 0 Å². The molecule has 0 saturated carbocycles. The summed E-state index contributed by atoms with van der Waals surface area (Å²) in [6.07, 6.45) is 0.269. The standard InChI is InChI=1S/C28H36Cl3N3O5Si/c1-27(2,3)40(6,7)36-11-9-15-12-18(29)19(30)13-17(15)20(35)21-22-23(39-28(4,5)38-22)26(37-21)34-10-8-16-24(31)32-14-33-25(16)34/h8,10,12-14,20-23,26,35H,9,11H2,1-7H3/t20-,21+,22-,23-,26-/m1/s1. The minimum absolute atomic E-state index is 0.0824. The van der Waals surface area contributed by atoms with Gasteiger partial charge in [0.25, 0.3) is 0 Å². The Kier molecular flexibility index (Phi) is 8.13. The highest BCUT2D eigenvalue weighted by Gasteiger charge is 2.58. The van der Waals surface area contributed by atoms with Crippen LogP contribution in [0.5, 0.6) is 0 Å². The highest BCUT2D eigenvalue weighted by molar-refractivity contribution is 6.74. The van der Waals surface area contributed by atoms with Crippen LogP contribution in [0.4, 0.5) is 0 Å². The Labute approximate surface area is 251 Å². The summed E-state index contributed by atoms with van der Waals surface area (Å²) in [6, 6.07) is 5.34. The molecule has 12 heteroatoms. The molecule has 1 aromatic carbocycles. The summed E-state index contributed by atoms with van der Waals surface area (Å²) in [7, 11) is -1.96. The predicted molar refractivity (Wildman–Crippen MR) is 159 cm³/mol. The number of aliphatic hydroxyl groups is 1. The largest absolute Gasteiger partial charge is 0.416 e. The number of aliphatic hydroxyl groups excluding tert-OH is 1. The third-order valence-electron chi connectivity index (χ3n) is 8.25. The molecule has 0 unspecified atom stereocenters. The zero-order chi connectivity index (χ0) is 29.2. The lowest BCUT2D eigenvalue weighted by Crippen LogP contribution is -2.41. The first-order valence-electron chi connectivity index (χ1n) is 13.4. The van der Waals surface area contributed by atoms with Gasteiger partial charge in [0.2, 0.25) is 0 Å². The molecule has 2 aromatic heterocycles. The lowest BCUT2D eigenvalue weighted by molar-refractivity contribution is -0.207. The van der Waals surface area contributed by atoms with Crippen molar-refractivity contribution in [3.8, 4) is 0 Å². The zero-order valence-corrected chi connectivity index (χ0v) is 27.0. The zero-order valence-electron chi connectivity index (χ0n) is 23.7. The fraction of sp³-hybridized carbons (Fsp3) is 0.571. The molecule has 1 N–H and O–H groups in total. The van der Waals surface area contributed by atoms with Gasteiger partial charge in [-0.05, 0) is 67.7 Å². The van der Waals surface area contributed by atoms with Crippen molar-refractivity contribution in [2.24, 2.45) is 0 Å². The predicted octanol–water partition coefficient (Wildman–Crippen LogP) is 7.11. The third kappa shape index (κ3) is 5.57. The van der Waals surface area contributed by atoms with E-state index >= 15 is 0 Å². The van der Waals surface area contributed by atoms with E-state index in [-0.39, 0.29) is 5.04 Å². The average Bonchev–Trinajstić information content (AvgIpc) is 3.51. The molecule has 2 aliphatic rings. The smallest absolute Gasteiger partial charge is 0.191 e. The topological polar surface area (TPSA) is 87.9 Å². The molecular formula is C28H36Cl3N3O5Si. The molecule has 5 rings (SSSR count). The van der Waals surface area contributed by atoms with Crippen LogP contribution in [0.15, 0.2) is 30.7 Å². The first-order valence-corrected chi connectivity index (χ1v) is 17.4. The number of hydrogen-bond donors (Lipinski definition) is 1. The van der Waals surface area contributed by atoms with Crippen LogP contribution in [0.2, 0.25) is 33.3 Å². The van der Waals surface area contributed by atoms with Crippen molar-refractivity contribution < 1.29 is 23.7 Å². The molecule has 40 heavy (non-hydrogen) atoms. The van der Waals surface area contributed by atoms with Crippen molar-refractivity contribution >= 4 is 54.2 Å². The molecule has 4 heterocycles. The molecule has 2 aliphatic heterocycles. The quantitative estimate of drug-likeness (QED) is 0.220. The van der Waals surface area contributed by atoms with Crippen LogP contribution in [0, 0.1) is 0 Å². The number of benzene rings is 1. The van der Waals surface area contributed by atoms with Crippen LogP contribution >= 0.6 is 34.8 Å². The Hall–Kier alpha value is -1.27. The van der Waals surface area contributed by atoms with Gasteiger partial charge in [-0.2, -0.15) is 0 Å². The molecule has 2 saturated heterocycles. The summed E-state index contributed by atoms with van der Waals surface area (Å²) in [5, 5.41) is 13.7. The normalized spacial score (nSPS) is 25.5. The third-order valence-corrected chi connectivity index (χ3v) is 13.8. The van der Waals surface area contributed by atoms with Crippen molar-refractivity contribution in [2.45, 2.75) is 95.6 Å². The lowest BCUT2D eigenvalue weighted by Gasteiger charge is -2.36. The molecule has 3 aromatic rings. The summed E-state index contributed by atoms with van der Waals surface area (Å²) in [6.45, 7) is 15.2. The maximum atomic E-state index is 11.8. The van der Waals surface area contributed by atoms with Crippen LogP contribution in [-0.2, 0) is 25.1 Å². The van der Waals surface area contributed by atoms with Crippen LogP contribution in [0.25, 0.3) is 11.0 Å². The Balaban J connectivity index is 1.46. The van der Waals surface area contributed by atoms with Gasteiger partial charge >= 0.3 is 0 Å². The monoisotopic (exact) mass is 627 g/mol. The maximum absolute atomic E-state index is 11.8. The average molecular weight is 629 g/mol. The molecule has 8 nitrogen and oxygen atoms in total. The molecule has 5 atom stereocenters.